The molecule has 0 aromatic heterocycles. The minimum Gasteiger partial charge on any atom is -0.487 e. The second-order valence-corrected chi connectivity index (χ2v) is 5.82. The van der Waals surface area contributed by atoms with Gasteiger partial charge in [0.15, 0.2) is 0 Å². The molecule has 1 aromatic rings. The van der Waals surface area contributed by atoms with E-state index in [2.05, 4.69) is 24.4 Å². The summed E-state index contributed by atoms with van der Waals surface area (Å²) >= 11 is 5.96. The summed E-state index contributed by atoms with van der Waals surface area (Å²) < 4.78 is 5.64. The number of nitrogens with one attached hydrogen (secondary N) is 1. The predicted octanol–water partition coefficient (Wildman–Crippen LogP) is 3.37. The maximum Gasteiger partial charge on any atom is 0.274 e. The van der Waals surface area contributed by atoms with E-state index >= 15 is 0 Å². The van der Waals surface area contributed by atoms with Crippen molar-refractivity contribution in [3.8, 4) is 5.75 Å². The first kappa shape index (κ1) is 19.0. The number of amides is 1. The molecular formula is C17H24ClN3O2. The van der Waals surface area contributed by atoms with Crippen LogP contribution in [0.4, 0.5) is 0 Å². The second kappa shape index (κ2) is 9.20. The first-order valence-electron chi connectivity index (χ1n) is 7.53. The Balaban J connectivity index is 0.000000816. The number of aryl methyl sites for hydroxylation is 1. The van der Waals surface area contributed by atoms with Gasteiger partial charge < -0.3 is 9.64 Å². The van der Waals surface area contributed by atoms with Gasteiger partial charge in [-0.1, -0.05) is 31.9 Å². The average molecular weight is 338 g/mol. The highest BCUT2D eigenvalue weighted by Crippen LogP contribution is 2.21. The quantitative estimate of drug-likeness (QED) is 0.857. The van der Waals surface area contributed by atoms with Crippen LogP contribution in [0, 0.1) is 6.92 Å². The van der Waals surface area contributed by atoms with Crippen LogP contribution in [0.5, 0.6) is 5.75 Å². The number of ether oxygens (including phenoxy) is 1. The molecule has 0 atom stereocenters. The van der Waals surface area contributed by atoms with Crippen molar-refractivity contribution in [2.75, 3.05) is 20.7 Å². The number of carbonyl (C=O) groups excluding carboxylic acids is 1. The lowest BCUT2D eigenvalue weighted by Gasteiger charge is -2.09. The number of carbonyl (C=O) groups is 1. The molecule has 23 heavy (non-hydrogen) atoms. The van der Waals surface area contributed by atoms with Crippen molar-refractivity contribution in [2.45, 2.75) is 27.2 Å². The molecule has 2 rings (SSSR count). The third-order valence-corrected chi connectivity index (χ3v) is 3.16. The summed E-state index contributed by atoms with van der Waals surface area (Å²) in [7, 11) is 3.69. The number of hydrogen-bond donors (Lipinski definition) is 1. The molecule has 1 N–H and O–H groups in total. The second-order valence-electron chi connectivity index (χ2n) is 5.41. The van der Waals surface area contributed by atoms with Gasteiger partial charge in [0.05, 0.1) is 5.57 Å². The summed E-state index contributed by atoms with van der Waals surface area (Å²) in [6.07, 6.45) is 2.97. The first-order chi connectivity index (χ1) is 10.9. The van der Waals surface area contributed by atoms with Gasteiger partial charge in [0, 0.05) is 25.3 Å². The molecule has 0 fully saturated rings. The van der Waals surface area contributed by atoms with Gasteiger partial charge in [-0.05, 0) is 30.7 Å². The lowest BCUT2D eigenvalue weighted by Crippen LogP contribution is -2.19. The van der Waals surface area contributed by atoms with Gasteiger partial charge in [-0.3, -0.25) is 4.79 Å². The SMILES string of the molecule is CCC.Cc1cc(OCC2=NNC(=O)/C2=C/N(C)C)ccc1Cl. The fourth-order valence-corrected chi connectivity index (χ4v) is 1.85. The minimum absolute atomic E-state index is 0.218. The van der Waals surface area contributed by atoms with Gasteiger partial charge in [-0.15, -0.1) is 0 Å². The van der Waals surface area contributed by atoms with E-state index in [-0.39, 0.29) is 12.5 Å². The van der Waals surface area contributed by atoms with Gasteiger partial charge in [-0.2, -0.15) is 5.10 Å². The van der Waals surface area contributed by atoms with E-state index in [1.165, 1.54) is 6.42 Å². The highest BCUT2D eigenvalue weighted by Gasteiger charge is 2.23. The number of hydrazone groups is 1. The Morgan fingerprint density at radius 1 is 1.35 bits per heavy atom. The Morgan fingerprint density at radius 3 is 2.57 bits per heavy atom. The van der Waals surface area contributed by atoms with E-state index in [9.17, 15) is 4.79 Å². The van der Waals surface area contributed by atoms with Crippen molar-refractivity contribution in [3.05, 3.63) is 40.6 Å². The lowest BCUT2D eigenvalue weighted by molar-refractivity contribution is -0.116. The molecule has 0 saturated heterocycles. The molecule has 0 saturated carbocycles. The van der Waals surface area contributed by atoms with Crippen LogP contribution in [0.3, 0.4) is 0 Å². The van der Waals surface area contributed by atoms with Crippen LogP contribution in [0.1, 0.15) is 25.8 Å². The Kier molecular flexibility index (Phi) is 7.62. The molecule has 1 aromatic carbocycles. The van der Waals surface area contributed by atoms with Crippen LogP contribution in [0.15, 0.2) is 35.1 Å². The molecule has 1 aliphatic rings. The molecule has 0 aliphatic carbocycles. The van der Waals surface area contributed by atoms with Crippen LogP contribution >= 0.6 is 11.6 Å². The fraction of sp³-hybridized carbons (Fsp3) is 0.412. The number of nitrogens with zero attached hydrogens (tertiary/aromatic N) is 2. The summed E-state index contributed by atoms with van der Waals surface area (Å²) in [6.45, 7) is 6.38. The number of rotatable bonds is 4. The zero-order valence-corrected chi connectivity index (χ0v) is 15.1. The van der Waals surface area contributed by atoms with Crippen molar-refractivity contribution in [2.24, 2.45) is 5.10 Å². The monoisotopic (exact) mass is 337 g/mol. The van der Waals surface area contributed by atoms with Crippen LogP contribution in [-0.2, 0) is 4.79 Å². The third kappa shape index (κ3) is 5.94. The van der Waals surface area contributed by atoms with E-state index in [1.54, 1.807) is 23.2 Å². The molecule has 1 heterocycles. The molecule has 6 heteroatoms. The van der Waals surface area contributed by atoms with Crippen LogP contribution in [0.25, 0.3) is 0 Å². The van der Waals surface area contributed by atoms with Crippen molar-refractivity contribution >= 4 is 23.2 Å². The van der Waals surface area contributed by atoms with E-state index in [4.69, 9.17) is 16.3 Å². The van der Waals surface area contributed by atoms with Crippen molar-refractivity contribution in [3.63, 3.8) is 0 Å². The third-order valence-electron chi connectivity index (χ3n) is 2.74. The maximum absolute atomic E-state index is 11.6. The Bertz CT molecular complexity index is 610. The van der Waals surface area contributed by atoms with E-state index in [0.29, 0.717) is 22.1 Å². The van der Waals surface area contributed by atoms with Crippen LogP contribution < -0.4 is 10.2 Å². The van der Waals surface area contributed by atoms with Crippen LogP contribution in [-0.4, -0.2) is 37.2 Å². The predicted molar refractivity (Wildman–Crippen MR) is 95.0 cm³/mol. The maximum atomic E-state index is 11.6. The largest absolute Gasteiger partial charge is 0.487 e. The van der Waals surface area contributed by atoms with Gasteiger partial charge >= 0.3 is 0 Å². The zero-order chi connectivity index (χ0) is 17.4. The van der Waals surface area contributed by atoms with E-state index in [1.807, 2.05) is 27.1 Å². The topological polar surface area (TPSA) is 53.9 Å². The van der Waals surface area contributed by atoms with Gasteiger partial charge in [0.25, 0.3) is 5.91 Å². The summed E-state index contributed by atoms with van der Waals surface area (Å²) in [5.41, 5.74) is 4.47. The molecule has 0 spiro atoms. The van der Waals surface area contributed by atoms with Gasteiger partial charge in [0.1, 0.15) is 18.1 Å². The molecule has 126 valence electrons. The van der Waals surface area contributed by atoms with E-state index < -0.39 is 0 Å². The summed E-state index contributed by atoms with van der Waals surface area (Å²) in [6, 6.07) is 5.42. The number of halogens is 1. The minimum atomic E-state index is -0.218. The summed E-state index contributed by atoms with van der Waals surface area (Å²) in [4.78, 5) is 13.4. The standard InChI is InChI=1S/C14H16ClN3O2.C3H8/c1-9-6-10(4-5-12(9)15)20-8-13-11(7-18(2)3)14(19)17-16-13;1-3-2/h4-7H,8H2,1-3H3,(H,17,19);3H2,1-2H3/b11-7+;. The Morgan fingerprint density at radius 2 is 2.00 bits per heavy atom. The number of hydrogen-bond acceptors (Lipinski definition) is 4. The Labute approximate surface area is 143 Å². The molecule has 0 unspecified atom stereocenters. The van der Waals surface area contributed by atoms with Gasteiger partial charge in [-0.25, -0.2) is 5.43 Å². The molecule has 1 amide bonds. The smallest absolute Gasteiger partial charge is 0.274 e. The average Bonchev–Trinajstić information content (AvgIpc) is 2.81. The lowest BCUT2D eigenvalue weighted by atomic mass is 10.2. The molecule has 1 aliphatic heterocycles. The zero-order valence-electron chi connectivity index (χ0n) is 14.3. The summed E-state index contributed by atoms with van der Waals surface area (Å²) in [5, 5.41) is 4.67. The highest BCUT2D eigenvalue weighted by atomic mass is 35.5. The highest BCUT2D eigenvalue weighted by molar-refractivity contribution is 6.31. The van der Waals surface area contributed by atoms with E-state index in [0.717, 1.165) is 5.56 Å². The van der Waals surface area contributed by atoms with Crippen molar-refractivity contribution in [1.29, 1.82) is 0 Å². The molecule has 5 nitrogen and oxygen atoms in total. The number of benzene rings is 1. The first-order valence-corrected chi connectivity index (χ1v) is 7.91. The normalized spacial score (nSPS) is 14.8. The summed E-state index contributed by atoms with van der Waals surface area (Å²) in [5.74, 6) is 0.475. The van der Waals surface area contributed by atoms with Crippen molar-refractivity contribution in [1.82, 2.24) is 10.3 Å². The van der Waals surface area contributed by atoms with Gasteiger partial charge in [0.2, 0.25) is 0 Å². The van der Waals surface area contributed by atoms with Crippen LogP contribution in [0.2, 0.25) is 5.02 Å². The molecule has 0 bridgehead atoms. The van der Waals surface area contributed by atoms with Crippen molar-refractivity contribution < 1.29 is 9.53 Å². The molecular weight excluding hydrogens is 314 g/mol. The Hall–Kier alpha value is -2.01. The molecule has 0 radical (unpaired) electrons. The fourth-order valence-electron chi connectivity index (χ4n) is 1.73.